The summed E-state index contributed by atoms with van der Waals surface area (Å²) in [4.78, 5) is 5.08. The van der Waals surface area contributed by atoms with Crippen LogP contribution in [0, 0.1) is 0 Å². The first-order chi connectivity index (χ1) is 19.1. The molecule has 39 heavy (non-hydrogen) atoms. The second-order valence-electron chi connectivity index (χ2n) is 11.2. The van der Waals surface area contributed by atoms with Gasteiger partial charge in [0.2, 0.25) is 0 Å². The third-order valence-corrected chi connectivity index (χ3v) is 8.61. The number of aryl methyl sites for hydroxylation is 1. The van der Waals surface area contributed by atoms with Crippen molar-refractivity contribution in [1.29, 1.82) is 0 Å². The summed E-state index contributed by atoms with van der Waals surface area (Å²) in [6.07, 6.45) is 8.36. The first kappa shape index (κ1) is 27.4. The summed E-state index contributed by atoms with van der Waals surface area (Å²) < 4.78 is 11.5. The Bertz CT molecular complexity index is 1230. The zero-order valence-electron chi connectivity index (χ0n) is 23.9. The number of rotatable bonds is 9. The number of likely N-dealkylation sites (tertiary alicyclic amines) is 1. The molecule has 2 aliphatic rings. The number of hydrogen-bond donors (Lipinski definition) is 1. The molecular formula is C34H44N2O3. The number of anilines is 1. The molecule has 0 amide bonds. The van der Waals surface area contributed by atoms with Gasteiger partial charge in [-0.25, -0.2) is 0 Å². The van der Waals surface area contributed by atoms with Crippen molar-refractivity contribution in [2.24, 2.45) is 0 Å². The van der Waals surface area contributed by atoms with Crippen LogP contribution in [0.4, 0.5) is 5.69 Å². The van der Waals surface area contributed by atoms with Crippen LogP contribution in [0.1, 0.15) is 72.8 Å². The van der Waals surface area contributed by atoms with Gasteiger partial charge in [0, 0.05) is 31.4 Å². The number of ether oxygens (including phenoxy) is 2. The van der Waals surface area contributed by atoms with Gasteiger partial charge >= 0.3 is 0 Å². The van der Waals surface area contributed by atoms with Gasteiger partial charge in [-0.05, 0) is 104 Å². The van der Waals surface area contributed by atoms with Crippen molar-refractivity contribution < 1.29 is 14.6 Å². The molecule has 0 aromatic heterocycles. The standard InChI is InChI=1S/C34H44N2O3/c1-4-36(24-26-11-9-25(10-12-26)23-35-17-7-5-6-8-18-35)32-22-34(39-3)33(38-2)21-31(32)29-14-13-28-20-30(37)16-15-27(28)19-29/h9-12,15-16,20-22,29,37H,4-8,13-14,17-19,23-24H2,1-3H3/t29-/m1/s1. The maximum absolute atomic E-state index is 9.96. The highest BCUT2D eigenvalue weighted by molar-refractivity contribution is 5.64. The SMILES string of the molecule is CCN(Cc1ccc(CN2CCCCCC2)cc1)c1cc(OC)c(OC)cc1[C@@H]1CCc2cc(O)ccc2C1. The van der Waals surface area contributed by atoms with Crippen LogP contribution in [0.25, 0.3) is 0 Å². The van der Waals surface area contributed by atoms with E-state index in [1.54, 1.807) is 14.2 Å². The lowest BCUT2D eigenvalue weighted by atomic mass is 9.79. The minimum absolute atomic E-state index is 0.355. The number of phenols is 1. The van der Waals surface area contributed by atoms with E-state index in [-0.39, 0.29) is 0 Å². The largest absolute Gasteiger partial charge is 0.508 e. The monoisotopic (exact) mass is 528 g/mol. The van der Waals surface area contributed by atoms with Crippen molar-refractivity contribution in [3.8, 4) is 17.2 Å². The molecule has 3 aromatic carbocycles. The topological polar surface area (TPSA) is 45.2 Å². The van der Waals surface area contributed by atoms with Crippen molar-refractivity contribution >= 4 is 5.69 Å². The smallest absolute Gasteiger partial charge is 0.162 e. The maximum Gasteiger partial charge on any atom is 0.162 e. The van der Waals surface area contributed by atoms with Gasteiger partial charge in [0.25, 0.3) is 0 Å². The first-order valence-corrected chi connectivity index (χ1v) is 14.7. The van der Waals surface area contributed by atoms with Crippen LogP contribution in [0.2, 0.25) is 0 Å². The Morgan fingerprint density at radius 2 is 1.54 bits per heavy atom. The Labute approximate surface area is 234 Å². The van der Waals surface area contributed by atoms with Crippen LogP contribution in [0.5, 0.6) is 17.2 Å². The Kier molecular flexibility index (Phi) is 8.98. The summed E-state index contributed by atoms with van der Waals surface area (Å²) in [5.41, 5.74) is 7.85. The molecule has 1 heterocycles. The van der Waals surface area contributed by atoms with Gasteiger partial charge in [0.05, 0.1) is 14.2 Å². The van der Waals surface area contributed by atoms with Gasteiger partial charge in [-0.3, -0.25) is 4.90 Å². The van der Waals surface area contributed by atoms with Gasteiger partial charge in [-0.15, -0.1) is 0 Å². The van der Waals surface area contributed by atoms with Crippen molar-refractivity contribution in [1.82, 2.24) is 4.90 Å². The Hall–Kier alpha value is -3.18. The van der Waals surface area contributed by atoms with Gasteiger partial charge < -0.3 is 19.5 Å². The Morgan fingerprint density at radius 1 is 0.846 bits per heavy atom. The summed E-state index contributed by atoms with van der Waals surface area (Å²) in [5, 5.41) is 9.96. The fourth-order valence-electron chi connectivity index (χ4n) is 6.38. The molecule has 1 fully saturated rings. The maximum atomic E-state index is 9.96. The van der Waals surface area contributed by atoms with Crippen LogP contribution in [0.15, 0.2) is 54.6 Å². The fraction of sp³-hybridized carbons (Fsp3) is 0.471. The lowest BCUT2D eigenvalue weighted by Crippen LogP contribution is -2.25. The number of hydrogen-bond acceptors (Lipinski definition) is 5. The van der Waals surface area contributed by atoms with E-state index in [0.29, 0.717) is 11.7 Å². The quantitative estimate of drug-likeness (QED) is 0.321. The molecule has 0 radical (unpaired) electrons. The molecule has 1 aliphatic heterocycles. The third-order valence-electron chi connectivity index (χ3n) is 8.61. The van der Waals surface area contributed by atoms with Gasteiger partial charge in [0.1, 0.15) is 5.75 Å². The molecule has 3 aromatic rings. The average Bonchev–Trinajstić information content (AvgIpc) is 3.24. The molecule has 5 heteroatoms. The molecule has 208 valence electrons. The van der Waals surface area contributed by atoms with Crippen LogP contribution in [-0.4, -0.2) is 43.9 Å². The average molecular weight is 529 g/mol. The number of nitrogens with zero attached hydrogens (tertiary/aromatic N) is 2. The van der Waals surface area contributed by atoms with E-state index < -0.39 is 0 Å². The van der Waals surface area contributed by atoms with Crippen LogP contribution < -0.4 is 14.4 Å². The van der Waals surface area contributed by atoms with Crippen molar-refractivity contribution in [3.63, 3.8) is 0 Å². The minimum atomic E-state index is 0.355. The minimum Gasteiger partial charge on any atom is -0.508 e. The molecule has 0 saturated carbocycles. The molecular weight excluding hydrogens is 484 g/mol. The zero-order valence-corrected chi connectivity index (χ0v) is 23.9. The van der Waals surface area contributed by atoms with E-state index in [1.807, 2.05) is 12.1 Å². The van der Waals surface area contributed by atoms with Crippen LogP contribution in [-0.2, 0) is 25.9 Å². The van der Waals surface area contributed by atoms with Crippen molar-refractivity contribution in [3.05, 3.63) is 82.4 Å². The number of benzene rings is 3. The Morgan fingerprint density at radius 3 is 2.23 bits per heavy atom. The molecule has 1 N–H and O–H groups in total. The van der Waals surface area contributed by atoms with E-state index in [0.717, 1.165) is 50.4 Å². The number of aromatic hydroxyl groups is 1. The first-order valence-electron chi connectivity index (χ1n) is 14.7. The lowest BCUT2D eigenvalue weighted by molar-refractivity contribution is 0.277. The second-order valence-corrected chi connectivity index (χ2v) is 11.2. The zero-order chi connectivity index (χ0) is 27.2. The lowest BCUT2D eigenvalue weighted by Gasteiger charge is -2.32. The highest BCUT2D eigenvalue weighted by atomic mass is 16.5. The van der Waals surface area contributed by atoms with Crippen molar-refractivity contribution in [2.45, 2.75) is 70.9 Å². The summed E-state index contributed by atoms with van der Waals surface area (Å²) in [5.74, 6) is 2.28. The van der Waals surface area contributed by atoms with E-state index in [4.69, 9.17) is 9.47 Å². The second kappa shape index (κ2) is 12.8. The molecule has 1 aliphatic carbocycles. The van der Waals surface area contributed by atoms with E-state index in [2.05, 4.69) is 59.2 Å². The molecule has 5 nitrogen and oxygen atoms in total. The van der Waals surface area contributed by atoms with E-state index >= 15 is 0 Å². The van der Waals surface area contributed by atoms with Gasteiger partial charge in [0.15, 0.2) is 11.5 Å². The number of fused-ring (bicyclic) bond motifs is 1. The van der Waals surface area contributed by atoms with E-state index in [1.165, 1.54) is 72.3 Å². The van der Waals surface area contributed by atoms with Gasteiger partial charge in [-0.2, -0.15) is 0 Å². The summed E-state index contributed by atoms with van der Waals surface area (Å²) in [6, 6.07) is 19.4. The predicted octanol–water partition coefficient (Wildman–Crippen LogP) is 7.08. The molecule has 0 unspecified atom stereocenters. The fourth-order valence-corrected chi connectivity index (χ4v) is 6.38. The summed E-state index contributed by atoms with van der Waals surface area (Å²) >= 11 is 0. The number of phenolic OH excluding ortho intramolecular Hbond substituents is 1. The highest BCUT2D eigenvalue weighted by Gasteiger charge is 2.26. The Balaban J connectivity index is 1.38. The highest BCUT2D eigenvalue weighted by Crippen LogP contribution is 2.43. The number of methoxy groups -OCH3 is 2. The van der Waals surface area contributed by atoms with Crippen LogP contribution >= 0.6 is 0 Å². The predicted molar refractivity (Wildman–Crippen MR) is 159 cm³/mol. The molecule has 0 spiro atoms. The van der Waals surface area contributed by atoms with Crippen LogP contribution in [0.3, 0.4) is 0 Å². The molecule has 1 saturated heterocycles. The van der Waals surface area contributed by atoms with E-state index in [9.17, 15) is 5.11 Å². The summed E-state index contributed by atoms with van der Waals surface area (Å²) in [6.45, 7) is 7.47. The molecule has 0 bridgehead atoms. The summed E-state index contributed by atoms with van der Waals surface area (Å²) in [7, 11) is 3.43. The van der Waals surface area contributed by atoms with Crippen molar-refractivity contribution in [2.75, 3.05) is 38.8 Å². The van der Waals surface area contributed by atoms with Gasteiger partial charge in [-0.1, -0.05) is 43.2 Å². The normalized spacial score (nSPS) is 17.8. The molecule has 1 atom stereocenters. The third kappa shape index (κ3) is 6.52. The molecule has 5 rings (SSSR count).